The largest absolute Gasteiger partial charge is 0.389 e. The van der Waals surface area contributed by atoms with E-state index in [1.165, 1.54) is 4.90 Å². The van der Waals surface area contributed by atoms with Gasteiger partial charge in [0.05, 0.1) is 13.2 Å². The molecule has 5 rings (SSSR count). The second-order valence-corrected chi connectivity index (χ2v) is 10.9. The minimum atomic E-state index is -4.23. The molecule has 0 saturated carbocycles. The number of hydrogen-bond acceptors (Lipinski definition) is 5. The number of aryl methyl sites for hydroxylation is 1. The van der Waals surface area contributed by atoms with Gasteiger partial charge in [0, 0.05) is 51.3 Å². The molecular weight excluding hydrogens is 511 g/mol. The van der Waals surface area contributed by atoms with Crippen molar-refractivity contribution in [2.45, 2.75) is 39.3 Å². The van der Waals surface area contributed by atoms with Gasteiger partial charge >= 0.3 is 12.2 Å². The van der Waals surface area contributed by atoms with Crippen molar-refractivity contribution in [1.29, 1.82) is 0 Å². The van der Waals surface area contributed by atoms with E-state index in [1.807, 2.05) is 38.1 Å². The Morgan fingerprint density at radius 1 is 1.10 bits per heavy atom. The lowest BCUT2D eigenvalue weighted by Crippen LogP contribution is -2.37. The summed E-state index contributed by atoms with van der Waals surface area (Å²) in [6, 6.07) is 9.06. The van der Waals surface area contributed by atoms with Crippen molar-refractivity contribution in [3.8, 4) is 11.1 Å². The summed E-state index contributed by atoms with van der Waals surface area (Å²) in [7, 11) is 0. The number of ether oxygens (including phenoxy) is 1. The average Bonchev–Trinajstić information content (AvgIpc) is 3.49. The molecule has 3 saturated heterocycles. The Kier molecular flexibility index (Phi) is 7.70. The number of likely N-dealkylation sites (tertiary alicyclic amines) is 1. The number of nitrogens with zero attached hydrogens (tertiary/aromatic N) is 4. The first-order valence-electron chi connectivity index (χ1n) is 13.4. The zero-order valence-electron chi connectivity index (χ0n) is 22.3. The van der Waals surface area contributed by atoms with Gasteiger partial charge in [-0.1, -0.05) is 13.0 Å². The van der Waals surface area contributed by atoms with E-state index in [4.69, 9.17) is 9.72 Å². The number of urea groups is 1. The second-order valence-electron chi connectivity index (χ2n) is 10.9. The van der Waals surface area contributed by atoms with Crippen LogP contribution in [0.1, 0.15) is 31.7 Å². The number of pyridine rings is 1. The summed E-state index contributed by atoms with van der Waals surface area (Å²) in [5.41, 5.74) is 3.28. The Hall–Kier alpha value is -3.34. The number of alkyl halides is 3. The van der Waals surface area contributed by atoms with Crippen LogP contribution in [-0.4, -0.2) is 73.9 Å². The number of anilines is 3. The van der Waals surface area contributed by atoms with E-state index in [-0.39, 0.29) is 18.4 Å². The van der Waals surface area contributed by atoms with Crippen LogP contribution in [0, 0.1) is 18.8 Å². The molecule has 1 N–H and O–H groups in total. The summed E-state index contributed by atoms with van der Waals surface area (Å²) in [4.78, 5) is 35.8. The molecule has 0 spiro atoms. The van der Waals surface area contributed by atoms with Gasteiger partial charge in [-0.05, 0) is 66.1 Å². The van der Waals surface area contributed by atoms with Crippen molar-refractivity contribution in [3.63, 3.8) is 0 Å². The third-order valence-electron chi connectivity index (χ3n) is 7.62. The molecule has 3 amide bonds. The fourth-order valence-electron chi connectivity index (χ4n) is 5.58. The van der Waals surface area contributed by atoms with E-state index in [2.05, 4.69) is 10.2 Å². The smallest absolute Gasteiger partial charge is 0.378 e. The Morgan fingerprint density at radius 2 is 1.85 bits per heavy atom. The van der Waals surface area contributed by atoms with Crippen molar-refractivity contribution >= 4 is 29.3 Å². The number of rotatable bonds is 5. The lowest BCUT2D eigenvalue weighted by atomic mass is 10.00. The van der Waals surface area contributed by atoms with E-state index >= 15 is 0 Å². The molecule has 0 unspecified atom stereocenters. The van der Waals surface area contributed by atoms with Gasteiger partial charge in [-0.25, -0.2) is 9.78 Å². The van der Waals surface area contributed by atoms with Crippen LogP contribution in [0.2, 0.25) is 0 Å². The first-order chi connectivity index (χ1) is 18.6. The third kappa shape index (κ3) is 6.46. The summed E-state index contributed by atoms with van der Waals surface area (Å²) in [6.07, 6.45) is -4.28. The zero-order chi connectivity index (χ0) is 27.7. The van der Waals surface area contributed by atoms with E-state index < -0.39 is 24.5 Å². The number of halogens is 3. The molecule has 3 aliphatic heterocycles. The van der Waals surface area contributed by atoms with Gasteiger partial charge in [0.15, 0.2) is 0 Å². The summed E-state index contributed by atoms with van der Waals surface area (Å²) < 4.78 is 43.9. The summed E-state index contributed by atoms with van der Waals surface area (Å²) >= 11 is 0. The molecule has 11 heteroatoms. The molecule has 8 nitrogen and oxygen atoms in total. The number of amides is 3. The molecule has 0 aliphatic carbocycles. The standard InChI is InChI=1S/C28H34F3N5O3/c1-18-11-26(37)36(16-18)25-13-21(12-24(33-25)34-7-9-39-10-8-34)23-14-22(4-3-19(23)2)32-27(38)35-6-5-20(17-35)15-28(29,30)31/h3-4,12-14,18,20H,5-11,15-17H2,1-2H3,(H,32,38)/t18-,20-/m0/s1. The van der Waals surface area contributed by atoms with E-state index in [9.17, 15) is 22.8 Å². The van der Waals surface area contributed by atoms with Crippen LogP contribution in [0.3, 0.4) is 0 Å². The molecule has 4 heterocycles. The first kappa shape index (κ1) is 27.2. The van der Waals surface area contributed by atoms with Gasteiger partial charge in [-0.3, -0.25) is 9.69 Å². The van der Waals surface area contributed by atoms with Crippen LogP contribution in [0.15, 0.2) is 30.3 Å². The Morgan fingerprint density at radius 3 is 2.54 bits per heavy atom. The fraction of sp³-hybridized carbons (Fsp3) is 0.536. The highest BCUT2D eigenvalue weighted by molar-refractivity contribution is 5.96. The third-order valence-corrected chi connectivity index (χ3v) is 7.62. The molecule has 1 aromatic carbocycles. The predicted molar refractivity (Wildman–Crippen MR) is 143 cm³/mol. The van der Waals surface area contributed by atoms with Crippen LogP contribution < -0.4 is 15.1 Å². The van der Waals surface area contributed by atoms with Gasteiger partial charge in [0.25, 0.3) is 0 Å². The van der Waals surface area contributed by atoms with Gasteiger partial charge in [0.2, 0.25) is 5.91 Å². The fourth-order valence-corrected chi connectivity index (χ4v) is 5.58. The van der Waals surface area contributed by atoms with Crippen molar-refractivity contribution in [2.75, 3.05) is 61.1 Å². The number of carbonyl (C=O) groups excluding carboxylic acids is 2. The molecular formula is C28H34F3N5O3. The maximum absolute atomic E-state index is 12.9. The quantitative estimate of drug-likeness (QED) is 0.568. The molecule has 3 fully saturated rings. The van der Waals surface area contributed by atoms with Crippen molar-refractivity contribution in [2.24, 2.45) is 11.8 Å². The highest BCUT2D eigenvalue weighted by Crippen LogP contribution is 2.35. The predicted octanol–water partition coefficient (Wildman–Crippen LogP) is 5.07. The van der Waals surface area contributed by atoms with Crippen molar-refractivity contribution in [1.82, 2.24) is 9.88 Å². The molecule has 0 bridgehead atoms. The van der Waals surface area contributed by atoms with Gasteiger partial charge in [-0.2, -0.15) is 13.2 Å². The monoisotopic (exact) mass is 545 g/mol. The van der Waals surface area contributed by atoms with Crippen molar-refractivity contribution < 1.29 is 27.5 Å². The number of morpholine rings is 1. The maximum Gasteiger partial charge on any atom is 0.389 e. The van der Waals surface area contributed by atoms with Crippen LogP contribution in [-0.2, 0) is 9.53 Å². The lowest BCUT2D eigenvalue weighted by Gasteiger charge is -2.29. The second kappa shape index (κ2) is 11.0. The summed E-state index contributed by atoms with van der Waals surface area (Å²) in [6.45, 7) is 7.60. The summed E-state index contributed by atoms with van der Waals surface area (Å²) in [5, 5.41) is 2.86. The first-order valence-corrected chi connectivity index (χ1v) is 13.4. The Labute approximate surface area is 226 Å². The topological polar surface area (TPSA) is 78.0 Å². The molecule has 39 heavy (non-hydrogen) atoms. The minimum Gasteiger partial charge on any atom is -0.378 e. The zero-order valence-corrected chi connectivity index (χ0v) is 22.3. The minimum absolute atomic E-state index is 0.0484. The number of hydrogen-bond donors (Lipinski definition) is 1. The SMILES string of the molecule is Cc1ccc(NC(=O)N2CC[C@@H](CC(F)(F)F)C2)cc1-c1cc(N2CCOCC2)nc(N2C[C@@H](C)CC2=O)c1. The van der Waals surface area contributed by atoms with Crippen LogP contribution >= 0.6 is 0 Å². The van der Waals surface area contributed by atoms with Crippen LogP contribution in [0.25, 0.3) is 11.1 Å². The molecule has 2 aromatic rings. The number of benzene rings is 1. The highest BCUT2D eigenvalue weighted by atomic mass is 19.4. The maximum atomic E-state index is 12.9. The lowest BCUT2D eigenvalue weighted by molar-refractivity contribution is -0.143. The number of aromatic nitrogens is 1. The van der Waals surface area contributed by atoms with Gasteiger partial charge in [0.1, 0.15) is 11.6 Å². The van der Waals surface area contributed by atoms with E-state index in [0.29, 0.717) is 63.7 Å². The Bertz CT molecular complexity index is 1230. The molecule has 0 radical (unpaired) electrons. The average molecular weight is 546 g/mol. The van der Waals surface area contributed by atoms with Gasteiger partial charge < -0.3 is 19.9 Å². The normalized spacial score (nSPS) is 22.1. The van der Waals surface area contributed by atoms with Crippen molar-refractivity contribution in [3.05, 3.63) is 35.9 Å². The summed E-state index contributed by atoms with van der Waals surface area (Å²) in [5.74, 6) is 1.09. The molecule has 1 aromatic heterocycles. The number of nitrogens with one attached hydrogen (secondary N) is 1. The van der Waals surface area contributed by atoms with Gasteiger partial charge in [-0.15, -0.1) is 0 Å². The molecule has 2 atom stereocenters. The van der Waals surface area contributed by atoms with E-state index in [1.54, 1.807) is 11.0 Å². The molecule has 210 valence electrons. The van der Waals surface area contributed by atoms with Crippen LogP contribution in [0.5, 0.6) is 0 Å². The van der Waals surface area contributed by atoms with Crippen LogP contribution in [0.4, 0.5) is 35.3 Å². The Balaban J connectivity index is 1.40. The highest BCUT2D eigenvalue weighted by Gasteiger charge is 2.36. The molecule has 3 aliphatic rings. The number of carbonyl (C=O) groups is 2. The van der Waals surface area contributed by atoms with E-state index in [0.717, 1.165) is 22.5 Å².